The highest BCUT2D eigenvalue weighted by Crippen LogP contribution is 2.41. The van der Waals surface area contributed by atoms with Gasteiger partial charge in [-0.15, -0.1) is 0 Å². The van der Waals surface area contributed by atoms with Crippen molar-refractivity contribution in [3.63, 3.8) is 0 Å². The van der Waals surface area contributed by atoms with Gasteiger partial charge in [-0.1, -0.05) is 42.5 Å². The van der Waals surface area contributed by atoms with E-state index in [0.29, 0.717) is 43.9 Å². The Kier molecular flexibility index (Phi) is 7.29. The Hall–Kier alpha value is -4.85. The van der Waals surface area contributed by atoms with E-state index in [1.165, 1.54) is 0 Å². The molecule has 2 aliphatic rings. The molecule has 0 radical (unpaired) electrons. The van der Waals surface area contributed by atoms with Gasteiger partial charge in [0.15, 0.2) is 0 Å². The van der Waals surface area contributed by atoms with Crippen LogP contribution in [0.15, 0.2) is 97.1 Å². The molecule has 0 spiro atoms. The number of Topliss-reactive ketones (excluding diaryl/α,β-unsaturated/α-hetero) is 1. The zero-order valence-electron chi connectivity index (χ0n) is 22.8. The lowest BCUT2D eigenvalue weighted by atomic mass is 9.94. The largest absolute Gasteiger partial charge is 0.507 e. The average Bonchev–Trinajstić information content (AvgIpc) is 3.71. The van der Waals surface area contributed by atoms with E-state index in [9.17, 15) is 14.7 Å². The van der Waals surface area contributed by atoms with Crippen molar-refractivity contribution in [1.82, 2.24) is 14.5 Å². The summed E-state index contributed by atoms with van der Waals surface area (Å²) >= 11 is 0. The Morgan fingerprint density at radius 2 is 1.85 bits per heavy atom. The maximum absolute atomic E-state index is 13.4. The molecule has 8 nitrogen and oxygen atoms in total. The number of ketones is 1. The predicted molar refractivity (Wildman–Crippen MR) is 153 cm³/mol. The Bertz CT molecular complexity index is 1580. The molecule has 2 aliphatic heterocycles. The molecule has 0 aliphatic carbocycles. The van der Waals surface area contributed by atoms with Gasteiger partial charge in [0.05, 0.1) is 17.9 Å². The first-order valence-corrected chi connectivity index (χ1v) is 13.8. The molecule has 6 rings (SSSR count). The molecule has 4 aromatic rings. The molecular formula is C33H31N3O5. The first kappa shape index (κ1) is 26.4. The van der Waals surface area contributed by atoms with Crippen LogP contribution in [0.3, 0.4) is 0 Å². The van der Waals surface area contributed by atoms with Gasteiger partial charge in [0, 0.05) is 37.5 Å². The van der Waals surface area contributed by atoms with Crippen LogP contribution in [0, 0.1) is 0 Å². The number of fused-ring (bicyclic) bond motifs is 1. The number of aromatic nitrogens is 2. The number of ether oxygens (including phenoxy) is 2. The van der Waals surface area contributed by atoms with E-state index in [1.807, 2.05) is 84.4 Å². The molecule has 3 heterocycles. The summed E-state index contributed by atoms with van der Waals surface area (Å²) in [4.78, 5) is 32.4. The first-order valence-electron chi connectivity index (χ1n) is 13.8. The fourth-order valence-corrected chi connectivity index (χ4v) is 5.51. The smallest absolute Gasteiger partial charge is 0.295 e. The van der Waals surface area contributed by atoms with Crippen molar-refractivity contribution in [3.05, 3.63) is 119 Å². The third-order valence-electron chi connectivity index (χ3n) is 7.53. The van der Waals surface area contributed by atoms with E-state index in [1.54, 1.807) is 23.5 Å². The van der Waals surface area contributed by atoms with E-state index >= 15 is 0 Å². The van der Waals surface area contributed by atoms with Crippen LogP contribution < -0.4 is 9.47 Å². The number of aliphatic hydroxyl groups is 1. The van der Waals surface area contributed by atoms with Gasteiger partial charge in [-0.2, -0.15) is 0 Å². The number of benzene rings is 3. The maximum atomic E-state index is 13.4. The second-order valence-corrected chi connectivity index (χ2v) is 10.4. The molecule has 3 aromatic carbocycles. The zero-order chi connectivity index (χ0) is 28.3. The van der Waals surface area contributed by atoms with E-state index in [-0.39, 0.29) is 17.4 Å². The van der Waals surface area contributed by atoms with Crippen molar-refractivity contribution in [3.8, 4) is 11.5 Å². The number of rotatable bonds is 9. The minimum Gasteiger partial charge on any atom is -0.507 e. The highest BCUT2D eigenvalue weighted by molar-refractivity contribution is 6.46. The molecule has 208 valence electrons. The lowest BCUT2D eigenvalue weighted by Gasteiger charge is -2.25. The van der Waals surface area contributed by atoms with Crippen molar-refractivity contribution in [2.45, 2.75) is 45.1 Å². The average molecular weight is 550 g/mol. The normalized spacial score (nSPS) is 19.3. The van der Waals surface area contributed by atoms with Crippen LogP contribution in [0.25, 0.3) is 5.76 Å². The molecule has 1 aromatic heterocycles. The standard InChI is InChI=1S/C33H31N3O5/c1-22-18-26-19-25(10-13-28(26)41-22)31(37)29-30(36(33(39)32(29)38)16-5-15-35-17-14-34-21-35)24-8-11-27(12-9-24)40-20-23-6-3-2-4-7-23/h2-4,6-14,17,19,21-22,30,37H,5,15-16,18,20H2,1H3/t22-,30+/m1/s1. The number of likely N-dealkylation sites (tertiary alicyclic amines) is 1. The number of carbonyl (C=O) groups is 2. The number of hydrogen-bond donors (Lipinski definition) is 1. The molecular weight excluding hydrogens is 518 g/mol. The summed E-state index contributed by atoms with van der Waals surface area (Å²) in [6, 6.07) is 21.9. The summed E-state index contributed by atoms with van der Waals surface area (Å²) in [6.07, 6.45) is 6.66. The third-order valence-corrected chi connectivity index (χ3v) is 7.53. The number of nitrogens with zero attached hydrogens (tertiary/aromatic N) is 3. The summed E-state index contributed by atoms with van der Waals surface area (Å²) in [5.74, 6) is -0.0504. The number of carbonyl (C=O) groups excluding carboxylic acids is 2. The number of aliphatic hydroxyl groups excluding tert-OH is 1. The highest BCUT2D eigenvalue weighted by atomic mass is 16.5. The van der Waals surface area contributed by atoms with Gasteiger partial charge < -0.3 is 24.0 Å². The Balaban J connectivity index is 1.31. The van der Waals surface area contributed by atoms with Gasteiger partial charge >= 0.3 is 0 Å². The summed E-state index contributed by atoms with van der Waals surface area (Å²) in [6.45, 7) is 3.40. The Morgan fingerprint density at radius 1 is 1.05 bits per heavy atom. The van der Waals surface area contributed by atoms with Gasteiger partial charge in [0.2, 0.25) is 0 Å². The fourth-order valence-electron chi connectivity index (χ4n) is 5.51. The molecule has 2 atom stereocenters. The molecule has 0 unspecified atom stereocenters. The van der Waals surface area contributed by atoms with Crippen molar-refractivity contribution in [2.24, 2.45) is 0 Å². The Labute approximate surface area is 238 Å². The molecule has 0 bridgehead atoms. The van der Waals surface area contributed by atoms with Crippen molar-refractivity contribution in [2.75, 3.05) is 6.54 Å². The van der Waals surface area contributed by atoms with E-state index in [0.717, 1.165) is 22.4 Å². The summed E-state index contributed by atoms with van der Waals surface area (Å²) in [7, 11) is 0. The van der Waals surface area contributed by atoms with Crippen LogP contribution in [0.2, 0.25) is 0 Å². The molecule has 0 saturated carbocycles. The van der Waals surface area contributed by atoms with Crippen molar-refractivity contribution >= 4 is 17.4 Å². The first-order chi connectivity index (χ1) is 20.0. The second-order valence-electron chi connectivity index (χ2n) is 10.4. The number of amides is 1. The lowest BCUT2D eigenvalue weighted by Crippen LogP contribution is -2.31. The van der Waals surface area contributed by atoms with Crippen LogP contribution in [0.4, 0.5) is 0 Å². The van der Waals surface area contributed by atoms with Gasteiger partial charge in [0.25, 0.3) is 11.7 Å². The minimum atomic E-state index is -0.732. The zero-order valence-corrected chi connectivity index (χ0v) is 22.8. The lowest BCUT2D eigenvalue weighted by molar-refractivity contribution is -0.139. The number of imidazole rings is 1. The SMILES string of the molecule is C[C@@H]1Cc2cc(C(O)=C3C(=O)C(=O)N(CCCn4ccnc4)[C@H]3c3ccc(OCc4ccccc4)cc3)ccc2O1. The molecule has 1 amide bonds. The molecule has 1 fully saturated rings. The predicted octanol–water partition coefficient (Wildman–Crippen LogP) is 5.30. The van der Waals surface area contributed by atoms with Crippen molar-refractivity contribution < 1.29 is 24.2 Å². The van der Waals surface area contributed by atoms with Gasteiger partial charge in [0.1, 0.15) is 30.0 Å². The van der Waals surface area contributed by atoms with Crippen LogP contribution >= 0.6 is 0 Å². The number of hydrogen-bond acceptors (Lipinski definition) is 6. The molecule has 8 heteroatoms. The van der Waals surface area contributed by atoms with E-state index in [2.05, 4.69) is 4.98 Å². The fraction of sp³-hybridized carbons (Fsp3) is 0.242. The van der Waals surface area contributed by atoms with Gasteiger partial charge in [-0.3, -0.25) is 9.59 Å². The monoisotopic (exact) mass is 549 g/mol. The van der Waals surface area contributed by atoms with Gasteiger partial charge in [-0.05, 0) is 60.4 Å². The van der Waals surface area contributed by atoms with E-state index < -0.39 is 17.7 Å². The van der Waals surface area contributed by atoms with Crippen molar-refractivity contribution in [1.29, 1.82) is 0 Å². The number of aryl methyl sites for hydroxylation is 1. The van der Waals surface area contributed by atoms with E-state index in [4.69, 9.17) is 9.47 Å². The summed E-state index contributed by atoms with van der Waals surface area (Å²) in [5, 5.41) is 11.5. The summed E-state index contributed by atoms with van der Waals surface area (Å²) < 4.78 is 13.7. The van der Waals surface area contributed by atoms with Crippen LogP contribution in [-0.4, -0.2) is 43.9 Å². The summed E-state index contributed by atoms with van der Waals surface area (Å²) in [5.41, 5.74) is 3.32. The molecule has 1 saturated heterocycles. The maximum Gasteiger partial charge on any atom is 0.295 e. The van der Waals surface area contributed by atoms with Crippen LogP contribution in [0.5, 0.6) is 11.5 Å². The van der Waals surface area contributed by atoms with Crippen LogP contribution in [0.1, 0.15) is 41.6 Å². The molecule has 41 heavy (non-hydrogen) atoms. The minimum absolute atomic E-state index is 0.0473. The topological polar surface area (TPSA) is 93.9 Å². The van der Waals surface area contributed by atoms with Crippen LogP contribution in [-0.2, 0) is 29.2 Å². The quantitative estimate of drug-likeness (QED) is 0.173. The second kappa shape index (κ2) is 11.3. The van der Waals surface area contributed by atoms with Gasteiger partial charge in [-0.25, -0.2) is 4.98 Å². The third kappa shape index (κ3) is 5.45. The Morgan fingerprint density at radius 3 is 2.61 bits per heavy atom. The highest BCUT2D eigenvalue weighted by Gasteiger charge is 2.45. The molecule has 1 N–H and O–H groups in total.